The summed E-state index contributed by atoms with van der Waals surface area (Å²) in [5.74, 6) is 3.40. The molecule has 0 aliphatic heterocycles. The van der Waals surface area contributed by atoms with Crippen molar-refractivity contribution in [3.05, 3.63) is 0 Å². The Morgan fingerprint density at radius 2 is 2.07 bits per heavy atom. The molecule has 1 heteroatoms. The molecule has 0 radical (unpaired) electrons. The summed E-state index contributed by atoms with van der Waals surface area (Å²) < 4.78 is 0. The van der Waals surface area contributed by atoms with Gasteiger partial charge in [-0.3, -0.25) is 0 Å². The molecule has 0 saturated heterocycles. The summed E-state index contributed by atoms with van der Waals surface area (Å²) in [6.07, 6.45) is 10.6. The van der Waals surface area contributed by atoms with Gasteiger partial charge in [-0.2, -0.15) is 0 Å². The van der Waals surface area contributed by atoms with Crippen molar-refractivity contribution in [3.63, 3.8) is 0 Å². The van der Waals surface area contributed by atoms with Gasteiger partial charge in [0.15, 0.2) is 0 Å². The number of rotatable bonds is 6. The van der Waals surface area contributed by atoms with E-state index in [0.29, 0.717) is 0 Å². The number of nitrogens with one attached hydrogen (secondary N) is 1. The number of hydrogen-bond donors (Lipinski definition) is 1. The topological polar surface area (TPSA) is 12.0 Å². The molecule has 1 N–H and O–H groups in total. The van der Waals surface area contributed by atoms with Crippen LogP contribution in [0.5, 0.6) is 0 Å². The second-order valence-electron chi connectivity index (χ2n) is 5.28. The van der Waals surface area contributed by atoms with E-state index in [-0.39, 0.29) is 0 Å². The Hall–Kier alpha value is -0.0400. The van der Waals surface area contributed by atoms with Crippen LogP contribution in [0, 0.1) is 17.8 Å². The maximum Gasteiger partial charge on any atom is -0.00490 e. The van der Waals surface area contributed by atoms with E-state index in [4.69, 9.17) is 0 Å². The van der Waals surface area contributed by atoms with Gasteiger partial charge in [0, 0.05) is 0 Å². The highest BCUT2D eigenvalue weighted by Crippen LogP contribution is 2.49. The third-order valence-corrected chi connectivity index (χ3v) is 4.31. The molecule has 2 aliphatic rings. The van der Waals surface area contributed by atoms with Crippen molar-refractivity contribution in [2.24, 2.45) is 17.8 Å². The van der Waals surface area contributed by atoms with Crippen LogP contribution in [0.4, 0.5) is 0 Å². The monoisotopic (exact) mass is 195 g/mol. The molecule has 0 aromatic heterocycles. The van der Waals surface area contributed by atoms with Crippen LogP contribution in [0.25, 0.3) is 0 Å². The van der Waals surface area contributed by atoms with Crippen LogP contribution in [0.15, 0.2) is 0 Å². The molecule has 2 saturated carbocycles. The predicted molar refractivity (Wildman–Crippen MR) is 61.3 cm³/mol. The van der Waals surface area contributed by atoms with Gasteiger partial charge in [0.1, 0.15) is 0 Å². The van der Waals surface area contributed by atoms with Gasteiger partial charge in [-0.15, -0.1) is 0 Å². The van der Waals surface area contributed by atoms with Crippen LogP contribution in [0.1, 0.15) is 51.9 Å². The van der Waals surface area contributed by atoms with Crippen LogP contribution in [0.2, 0.25) is 0 Å². The maximum absolute atomic E-state index is 3.41. The lowest BCUT2D eigenvalue weighted by atomic mass is 9.85. The first-order chi connectivity index (χ1) is 6.90. The van der Waals surface area contributed by atoms with Gasteiger partial charge in [0.05, 0.1) is 0 Å². The van der Waals surface area contributed by atoms with Gasteiger partial charge in [-0.05, 0) is 56.5 Å². The van der Waals surface area contributed by atoms with E-state index in [2.05, 4.69) is 12.2 Å². The van der Waals surface area contributed by atoms with Crippen LogP contribution in [-0.4, -0.2) is 13.1 Å². The molecule has 0 aromatic carbocycles. The third-order valence-electron chi connectivity index (χ3n) is 4.31. The van der Waals surface area contributed by atoms with Crippen molar-refractivity contribution >= 4 is 0 Å². The van der Waals surface area contributed by atoms with Crippen LogP contribution < -0.4 is 5.32 Å². The quantitative estimate of drug-likeness (QED) is 0.642. The fraction of sp³-hybridized carbons (Fsp3) is 1.00. The van der Waals surface area contributed by atoms with E-state index in [1.807, 2.05) is 0 Å². The van der Waals surface area contributed by atoms with Crippen molar-refractivity contribution in [3.8, 4) is 0 Å². The Labute approximate surface area is 88.7 Å². The maximum atomic E-state index is 3.41. The highest BCUT2D eigenvalue weighted by molar-refractivity contribution is 4.89. The fourth-order valence-electron chi connectivity index (χ4n) is 3.56. The second-order valence-corrected chi connectivity index (χ2v) is 5.28. The standard InChI is InChI=1S/C13H25N/c1-2-14-8-4-3-5-12-9-11-6-7-13(12)10-11/h11-14H,2-10H2,1H3. The Bertz CT molecular complexity index is 167. The smallest absolute Gasteiger partial charge is 0.00490 e. The molecule has 0 amide bonds. The molecule has 2 fully saturated rings. The highest BCUT2D eigenvalue weighted by atomic mass is 14.8. The summed E-state index contributed by atoms with van der Waals surface area (Å²) in [7, 11) is 0. The lowest BCUT2D eigenvalue weighted by Crippen LogP contribution is -2.15. The van der Waals surface area contributed by atoms with Crippen molar-refractivity contribution < 1.29 is 0 Å². The summed E-state index contributed by atoms with van der Waals surface area (Å²) in [5.41, 5.74) is 0. The largest absolute Gasteiger partial charge is 0.317 e. The first-order valence-electron chi connectivity index (χ1n) is 6.61. The molecule has 3 atom stereocenters. The molecule has 2 aliphatic carbocycles. The normalized spacial score (nSPS) is 35.4. The van der Waals surface area contributed by atoms with Crippen LogP contribution in [0.3, 0.4) is 0 Å². The summed E-state index contributed by atoms with van der Waals surface area (Å²) in [5, 5.41) is 3.41. The first-order valence-corrected chi connectivity index (χ1v) is 6.61. The zero-order valence-electron chi connectivity index (χ0n) is 9.60. The summed E-state index contributed by atoms with van der Waals surface area (Å²) in [6, 6.07) is 0. The minimum Gasteiger partial charge on any atom is -0.317 e. The van der Waals surface area contributed by atoms with Gasteiger partial charge in [-0.25, -0.2) is 0 Å². The fourth-order valence-corrected chi connectivity index (χ4v) is 3.56. The SMILES string of the molecule is CCNCCCCC1CC2CCC1C2. The lowest BCUT2D eigenvalue weighted by Gasteiger charge is -2.21. The van der Waals surface area contributed by atoms with Crippen molar-refractivity contribution in [1.82, 2.24) is 5.32 Å². The van der Waals surface area contributed by atoms with Crippen molar-refractivity contribution in [2.45, 2.75) is 51.9 Å². The minimum absolute atomic E-state index is 1.12. The lowest BCUT2D eigenvalue weighted by molar-refractivity contribution is 0.305. The van der Waals surface area contributed by atoms with E-state index in [9.17, 15) is 0 Å². The van der Waals surface area contributed by atoms with E-state index < -0.39 is 0 Å². The molecule has 1 nitrogen and oxygen atoms in total. The summed E-state index contributed by atoms with van der Waals surface area (Å²) in [6.45, 7) is 4.56. The molecular weight excluding hydrogens is 170 g/mol. The van der Waals surface area contributed by atoms with Crippen molar-refractivity contribution in [2.75, 3.05) is 13.1 Å². The molecule has 82 valence electrons. The Kier molecular flexibility index (Phi) is 3.86. The zero-order valence-corrected chi connectivity index (χ0v) is 9.60. The van der Waals surface area contributed by atoms with Gasteiger partial charge >= 0.3 is 0 Å². The summed E-state index contributed by atoms with van der Waals surface area (Å²) in [4.78, 5) is 0. The van der Waals surface area contributed by atoms with Gasteiger partial charge in [0.2, 0.25) is 0 Å². The molecule has 0 aromatic rings. The van der Waals surface area contributed by atoms with E-state index in [0.717, 1.165) is 24.3 Å². The molecular formula is C13H25N. The molecule has 14 heavy (non-hydrogen) atoms. The molecule has 3 unspecified atom stereocenters. The molecule has 2 rings (SSSR count). The third kappa shape index (κ3) is 2.50. The molecule has 2 bridgehead atoms. The minimum atomic E-state index is 1.12. The second kappa shape index (κ2) is 5.16. The average Bonchev–Trinajstić information content (AvgIpc) is 2.79. The number of unbranched alkanes of at least 4 members (excludes halogenated alkanes) is 1. The first kappa shape index (κ1) is 10.5. The van der Waals surface area contributed by atoms with E-state index in [1.54, 1.807) is 25.7 Å². The van der Waals surface area contributed by atoms with E-state index in [1.165, 1.54) is 25.8 Å². The summed E-state index contributed by atoms with van der Waals surface area (Å²) >= 11 is 0. The molecule has 0 spiro atoms. The van der Waals surface area contributed by atoms with E-state index >= 15 is 0 Å². The Morgan fingerprint density at radius 1 is 1.14 bits per heavy atom. The Balaban J connectivity index is 1.54. The number of fused-ring (bicyclic) bond motifs is 2. The zero-order chi connectivity index (χ0) is 9.80. The number of hydrogen-bond acceptors (Lipinski definition) is 1. The molecule has 0 heterocycles. The van der Waals surface area contributed by atoms with Crippen molar-refractivity contribution in [1.29, 1.82) is 0 Å². The average molecular weight is 195 g/mol. The van der Waals surface area contributed by atoms with Gasteiger partial charge in [-0.1, -0.05) is 26.2 Å². The van der Waals surface area contributed by atoms with Gasteiger partial charge in [0.25, 0.3) is 0 Å². The van der Waals surface area contributed by atoms with Gasteiger partial charge < -0.3 is 5.32 Å². The highest BCUT2D eigenvalue weighted by Gasteiger charge is 2.38. The predicted octanol–water partition coefficient (Wildman–Crippen LogP) is 3.20. The van der Waals surface area contributed by atoms with Crippen LogP contribution >= 0.6 is 0 Å². The Morgan fingerprint density at radius 3 is 2.71 bits per heavy atom. The van der Waals surface area contributed by atoms with Crippen LogP contribution in [-0.2, 0) is 0 Å².